The van der Waals surface area contributed by atoms with E-state index in [0.29, 0.717) is 29.4 Å². The van der Waals surface area contributed by atoms with Gasteiger partial charge in [-0.05, 0) is 31.9 Å². The van der Waals surface area contributed by atoms with Gasteiger partial charge in [-0.25, -0.2) is 14.8 Å². The summed E-state index contributed by atoms with van der Waals surface area (Å²) in [4.78, 5) is 22.1. The van der Waals surface area contributed by atoms with Crippen molar-refractivity contribution < 1.29 is 19.0 Å². The molecule has 3 aliphatic rings. The maximum Gasteiger partial charge on any atom is 0.347 e. The SMILES string of the molecule is COCc1nc2nc(C34COC(C)(C3)C4)cn2cc1C(=O)Oc1ccccc1. The van der Waals surface area contributed by atoms with Crippen molar-refractivity contribution in [3.05, 3.63) is 59.7 Å². The summed E-state index contributed by atoms with van der Waals surface area (Å²) in [5.74, 6) is 0.563. The molecule has 144 valence electrons. The van der Waals surface area contributed by atoms with Crippen LogP contribution in [0.1, 0.15) is 41.5 Å². The van der Waals surface area contributed by atoms with Gasteiger partial charge < -0.3 is 14.2 Å². The lowest BCUT2D eigenvalue weighted by molar-refractivity contribution is 0.0154. The number of ether oxygens (including phenoxy) is 3. The number of methoxy groups -OCH3 is 1. The second kappa shape index (κ2) is 6.12. The average Bonchev–Trinajstić information content (AvgIpc) is 3.32. The molecule has 28 heavy (non-hydrogen) atoms. The molecule has 2 saturated heterocycles. The first-order valence-corrected chi connectivity index (χ1v) is 9.30. The Morgan fingerprint density at radius 1 is 1.21 bits per heavy atom. The van der Waals surface area contributed by atoms with Gasteiger partial charge in [0.2, 0.25) is 5.78 Å². The third-order valence-corrected chi connectivity index (χ3v) is 5.65. The van der Waals surface area contributed by atoms with Crippen molar-refractivity contribution in [1.29, 1.82) is 0 Å². The molecular weight excluding hydrogens is 358 g/mol. The summed E-state index contributed by atoms with van der Waals surface area (Å²) in [5.41, 5.74) is 1.78. The largest absolute Gasteiger partial charge is 0.423 e. The number of hydrogen-bond acceptors (Lipinski definition) is 6. The minimum absolute atomic E-state index is 0.0188. The highest BCUT2D eigenvalue weighted by Crippen LogP contribution is 2.58. The second-order valence-electron chi connectivity index (χ2n) is 7.94. The van der Waals surface area contributed by atoms with Crippen molar-refractivity contribution in [1.82, 2.24) is 14.4 Å². The summed E-state index contributed by atoms with van der Waals surface area (Å²) >= 11 is 0. The Hall–Kier alpha value is -2.77. The van der Waals surface area contributed by atoms with Crippen LogP contribution in [0.4, 0.5) is 0 Å². The van der Waals surface area contributed by atoms with E-state index in [2.05, 4.69) is 11.9 Å². The van der Waals surface area contributed by atoms with E-state index in [0.717, 1.165) is 18.5 Å². The lowest BCUT2D eigenvalue weighted by atomic mass is 9.62. The number of fused-ring (bicyclic) bond motifs is 2. The third kappa shape index (κ3) is 2.70. The van der Waals surface area contributed by atoms with E-state index in [1.165, 1.54) is 0 Å². The molecule has 3 fully saturated rings. The van der Waals surface area contributed by atoms with Gasteiger partial charge in [0.15, 0.2) is 0 Å². The monoisotopic (exact) mass is 379 g/mol. The number of para-hydroxylation sites is 1. The number of hydrogen-bond donors (Lipinski definition) is 0. The topological polar surface area (TPSA) is 75.0 Å². The van der Waals surface area contributed by atoms with Crippen LogP contribution in [0.2, 0.25) is 0 Å². The number of rotatable bonds is 5. The molecule has 1 aliphatic carbocycles. The maximum absolute atomic E-state index is 12.8. The summed E-state index contributed by atoms with van der Waals surface area (Å²) in [5, 5.41) is 0. The Kier molecular flexibility index (Phi) is 3.79. The zero-order valence-electron chi connectivity index (χ0n) is 15.8. The molecule has 0 unspecified atom stereocenters. The number of nitrogens with zero attached hydrogens (tertiary/aromatic N) is 3. The van der Waals surface area contributed by atoms with E-state index in [1.54, 1.807) is 29.8 Å². The van der Waals surface area contributed by atoms with Gasteiger partial charge in [0.25, 0.3) is 0 Å². The normalized spacial score (nSPS) is 25.6. The first-order chi connectivity index (χ1) is 13.5. The average molecular weight is 379 g/mol. The van der Waals surface area contributed by atoms with E-state index >= 15 is 0 Å². The fourth-order valence-electron chi connectivity index (χ4n) is 4.43. The van der Waals surface area contributed by atoms with Crippen LogP contribution in [0.25, 0.3) is 5.78 Å². The van der Waals surface area contributed by atoms with Gasteiger partial charge >= 0.3 is 5.97 Å². The van der Waals surface area contributed by atoms with Crippen molar-refractivity contribution in [2.24, 2.45) is 0 Å². The van der Waals surface area contributed by atoms with Gasteiger partial charge in [-0.3, -0.25) is 4.40 Å². The zero-order valence-corrected chi connectivity index (χ0v) is 15.8. The minimum Gasteiger partial charge on any atom is -0.423 e. The molecule has 4 heterocycles. The van der Waals surface area contributed by atoms with Gasteiger partial charge in [0, 0.05) is 24.9 Å². The van der Waals surface area contributed by atoms with Crippen molar-refractivity contribution in [2.45, 2.75) is 37.4 Å². The van der Waals surface area contributed by atoms with Crippen LogP contribution in [0, 0.1) is 0 Å². The van der Waals surface area contributed by atoms with Gasteiger partial charge in [0.05, 0.1) is 30.2 Å². The quantitative estimate of drug-likeness (QED) is 0.501. The van der Waals surface area contributed by atoms with E-state index in [9.17, 15) is 4.79 Å². The lowest BCUT2D eigenvalue weighted by Crippen LogP contribution is -2.45. The van der Waals surface area contributed by atoms with E-state index in [4.69, 9.17) is 19.2 Å². The molecule has 2 aliphatic heterocycles. The summed E-state index contributed by atoms with van der Waals surface area (Å²) in [6.07, 6.45) is 5.62. The molecule has 3 aromatic rings. The molecular formula is C21H21N3O4. The van der Waals surface area contributed by atoms with Gasteiger partial charge in [-0.1, -0.05) is 18.2 Å². The van der Waals surface area contributed by atoms with Crippen LogP contribution in [-0.4, -0.2) is 39.7 Å². The molecule has 0 N–H and O–H groups in total. The molecule has 1 saturated carbocycles. The van der Waals surface area contributed by atoms with Crippen LogP contribution in [0.5, 0.6) is 5.75 Å². The fraction of sp³-hybridized carbons (Fsp3) is 0.381. The predicted octanol–water partition coefficient (Wildman–Crippen LogP) is 2.92. The molecule has 7 nitrogen and oxygen atoms in total. The second-order valence-corrected chi connectivity index (χ2v) is 7.94. The molecule has 0 spiro atoms. The lowest BCUT2D eigenvalue weighted by Gasteiger charge is -2.41. The number of aromatic nitrogens is 3. The van der Waals surface area contributed by atoms with Gasteiger partial charge in [-0.2, -0.15) is 0 Å². The molecule has 0 amide bonds. The van der Waals surface area contributed by atoms with Crippen molar-refractivity contribution >= 4 is 11.7 Å². The van der Waals surface area contributed by atoms with Gasteiger partial charge in [-0.15, -0.1) is 0 Å². The molecule has 6 rings (SSSR count). The first-order valence-electron chi connectivity index (χ1n) is 9.30. The summed E-state index contributed by atoms with van der Waals surface area (Å²) in [6.45, 7) is 3.02. The Morgan fingerprint density at radius 3 is 2.68 bits per heavy atom. The summed E-state index contributed by atoms with van der Waals surface area (Å²) in [7, 11) is 1.57. The fourth-order valence-corrected chi connectivity index (χ4v) is 4.43. The number of imidazole rings is 1. The van der Waals surface area contributed by atoms with Crippen LogP contribution in [0.3, 0.4) is 0 Å². The van der Waals surface area contributed by atoms with Crippen molar-refractivity contribution in [3.8, 4) is 5.75 Å². The van der Waals surface area contributed by atoms with Crippen molar-refractivity contribution in [2.75, 3.05) is 13.7 Å². The Morgan fingerprint density at radius 2 is 2.00 bits per heavy atom. The molecule has 2 aromatic heterocycles. The number of esters is 1. The smallest absolute Gasteiger partial charge is 0.347 e. The van der Waals surface area contributed by atoms with E-state index in [-0.39, 0.29) is 17.6 Å². The van der Waals surface area contributed by atoms with Crippen LogP contribution >= 0.6 is 0 Å². The first kappa shape index (κ1) is 17.3. The number of benzene rings is 1. The predicted molar refractivity (Wildman–Crippen MR) is 100 cm³/mol. The van der Waals surface area contributed by atoms with Crippen LogP contribution in [0.15, 0.2) is 42.7 Å². The van der Waals surface area contributed by atoms with E-state index < -0.39 is 5.97 Å². The van der Waals surface area contributed by atoms with Crippen LogP contribution < -0.4 is 4.74 Å². The maximum atomic E-state index is 12.8. The molecule has 0 radical (unpaired) electrons. The Bertz CT molecular complexity index is 1050. The number of carbonyl (C=O) groups excluding carboxylic acids is 1. The highest BCUT2D eigenvalue weighted by Gasteiger charge is 2.61. The van der Waals surface area contributed by atoms with Gasteiger partial charge in [0.1, 0.15) is 11.3 Å². The summed E-state index contributed by atoms with van der Waals surface area (Å²) in [6, 6.07) is 8.98. The molecule has 1 aromatic carbocycles. The summed E-state index contributed by atoms with van der Waals surface area (Å²) < 4.78 is 18.4. The highest BCUT2D eigenvalue weighted by atomic mass is 16.5. The van der Waals surface area contributed by atoms with Crippen LogP contribution in [-0.2, 0) is 21.5 Å². The van der Waals surface area contributed by atoms with E-state index in [1.807, 2.05) is 24.4 Å². The third-order valence-electron chi connectivity index (χ3n) is 5.65. The number of carbonyl (C=O) groups is 1. The van der Waals surface area contributed by atoms with Crippen molar-refractivity contribution in [3.63, 3.8) is 0 Å². The molecule has 0 atom stereocenters. The highest BCUT2D eigenvalue weighted by molar-refractivity contribution is 5.92. The Labute approximate surface area is 162 Å². The Balaban J connectivity index is 1.51. The molecule has 2 bridgehead atoms. The minimum atomic E-state index is -0.471. The standard InChI is InChI=1S/C21H21N3O4/c1-20-11-21(12-20,13-27-20)17-9-24-8-15(16(10-26-2)22-19(24)23-17)18(25)28-14-6-4-3-5-7-14/h3-9H,10-13H2,1-2H3. The molecule has 7 heteroatoms. The zero-order chi connectivity index (χ0) is 19.4.